The van der Waals surface area contributed by atoms with Crippen molar-refractivity contribution in [3.8, 4) is 0 Å². The smallest absolute Gasteiger partial charge is 0.328 e. The highest BCUT2D eigenvalue weighted by Gasteiger charge is 1.96. The summed E-state index contributed by atoms with van der Waals surface area (Å²) in [5.41, 5.74) is 0.898. The number of benzene rings is 1. The molecule has 1 fully saturated rings. The topological polar surface area (TPSA) is 46.5 Å². The summed E-state index contributed by atoms with van der Waals surface area (Å²) in [6.07, 6.45) is 5.43. The molecule has 1 aliphatic rings. The first-order valence-electron chi connectivity index (χ1n) is 5.83. The zero-order valence-electron chi connectivity index (χ0n) is 9.84. The van der Waals surface area contributed by atoms with Crippen LogP contribution in [0.1, 0.15) is 18.4 Å². The Labute approximate surface area is 104 Å². The van der Waals surface area contributed by atoms with E-state index < -0.39 is 5.97 Å². The Kier molecular flexibility index (Phi) is 7.02. The van der Waals surface area contributed by atoms with Crippen molar-refractivity contribution < 1.29 is 14.3 Å². The number of hydrogen-bond donors (Lipinski definition) is 1. The minimum absolute atomic E-state index is 0.00849. The maximum atomic E-state index is 10.1. The van der Waals surface area contributed by atoms with E-state index >= 15 is 0 Å². The molecule has 1 heterocycles. The van der Waals surface area contributed by atoms with E-state index in [1.807, 2.05) is 30.3 Å². The Morgan fingerprint density at radius 2 is 2.06 bits per heavy atom. The van der Waals surface area contributed by atoms with Gasteiger partial charge >= 0.3 is 5.97 Å². The number of hydrogen-bond acceptors (Lipinski definition) is 2. The predicted octanol–water partition coefficient (Wildman–Crippen LogP) is 2.08. The number of aliphatic carboxylic acids is 1. The molecule has 1 N–H and O–H groups in total. The summed E-state index contributed by atoms with van der Waals surface area (Å²) in [7, 11) is 0.00849. The third kappa shape index (κ3) is 7.49. The highest BCUT2D eigenvalue weighted by atomic mass is 28.2. The molecule has 0 aromatic heterocycles. The third-order valence-electron chi connectivity index (χ3n) is 2.30. The van der Waals surface area contributed by atoms with Crippen LogP contribution in [0.3, 0.4) is 0 Å². The summed E-state index contributed by atoms with van der Waals surface area (Å²) in [5, 5.41) is 8.29. The van der Waals surface area contributed by atoms with Crippen LogP contribution in [0.4, 0.5) is 0 Å². The monoisotopic (exact) mass is 250 g/mol. The summed E-state index contributed by atoms with van der Waals surface area (Å²) in [4.78, 5) is 10.1. The maximum Gasteiger partial charge on any atom is 0.328 e. The normalized spacial score (nSPS) is 16.5. The van der Waals surface area contributed by atoms with Crippen LogP contribution < -0.4 is 0 Å². The second kappa shape index (κ2) is 8.72. The predicted molar refractivity (Wildman–Crippen MR) is 71.6 cm³/mol. The highest BCUT2D eigenvalue weighted by molar-refractivity contribution is 6.27. The van der Waals surface area contributed by atoms with Gasteiger partial charge in [-0.15, -0.1) is 0 Å². The van der Waals surface area contributed by atoms with Crippen molar-refractivity contribution in [2.45, 2.75) is 18.9 Å². The molecule has 0 spiro atoms. The van der Waals surface area contributed by atoms with Crippen molar-refractivity contribution >= 4 is 21.8 Å². The van der Waals surface area contributed by atoms with E-state index in [1.165, 1.54) is 18.9 Å². The lowest BCUT2D eigenvalue weighted by Gasteiger charge is -2.07. The van der Waals surface area contributed by atoms with Crippen LogP contribution in [0.25, 0.3) is 6.08 Å². The fourth-order valence-electron chi connectivity index (χ4n) is 1.42. The first kappa shape index (κ1) is 13.7. The van der Waals surface area contributed by atoms with Crippen molar-refractivity contribution in [2.24, 2.45) is 0 Å². The average molecular weight is 250 g/mol. The molecule has 0 radical (unpaired) electrons. The van der Waals surface area contributed by atoms with Gasteiger partial charge in [0.1, 0.15) is 0 Å². The molecule has 0 amide bonds. The van der Waals surface area contributed by atoms with Crippen molar-refractivity contribution in [3.63, 3.8) is 0 Å². The molecule has 1 aromatic carbocycles. The van der Waals surface area contributed by atoms with E-state index in [2.05, 4.69) is 0 Å². The fraction of sp³-hybridized carbons (Fsp3) is 0.308. The number of carboxylic acid groups (broad SMARTS) is 1. The lowest BCUT2D eigenvalue weighted by molar-refractivity contribution is -0.131. The van der Waals surface area contributed by atoms with Crippen molar-refractivity contribution in [1.82, 2.24) is 0 Å². The molecule has 17 heavy (non-hydrogen) atoms. The first-order chi connectivity index (χ1) is 8.29. The molecule has 1 aliphatic heterocycles. The van der Waals surface area contributed by atoms with Gasteiger partial charge in [-0.1, -0.05) is 36.8 Å². The fourth-order valence-corrected chi connectivity index (χ4v) is 2.59. The van der Waals surface area contributed by atoms with E-state index in [1.54, 1.807) is 6.08 Å². The molecule has 1 aromatic rings. The Morgan fingerprint density at radius 3 is 2.47 bits per heavy atom. The molecule has 4 heteroatoms. The van der Waals surface area contributed by atoms with E-state index in [0.29, 0.717) is 0 Å². The SMILES string of the molecule is C1CC[SiH2]OC1.O=C(O)C=Cc1ccccc1. The van der Waals surface area contributed by atoms with Gasteiger partial charge in [0.2, 0.25) is 0 Å². The maximum absolute atomic E-state index is 10.1. The summed E-state index contributed by atoms with van der Waals surface area (Å²) in [6, 6.07) is 10.7. The van der Waals surface area contributed by atoms with Gasteiger partial charge in [0.05, 0.1) is 0 Å². The Hall–Kier alpha value is -1.39. The van der Waals surface area contributed by atoms with E-state index in [-0.39, 0.29) is 9.76 Å². The summed E-state index contributed by atoms with van der Waals surface area (Å²) in [6.45, 7) is 1.06. The molecular weight excluding hydrogens is 232 g/mol. The summed E-state index contributed by atoms with van der Waals surface area (Å²) < 4.78 is 5.21. The second-order valence-electron chi connectivity index (χ2n) is 3.76. The zero-order chi connectivity index (χ0) is 12.3. The molecule has 1 saturated heterocycles. The van der Waals surface area contributed by atoms with E-state index in [4.69, 9.17) is 9.53 Å². The van der Waals surface area contributed by atoms with Crippen LogP contribution in [0.15, 0.2) is 36.4 Å². The standard InChI is InChI=1S/C9H8O2.C4H10OSi/c10-9(11)7-6-8-4-2-1-3-5-8;1-2-4-6-5-3-1/h1-7H,(H,10,11);1-4,6H2. The van der Waals surface area contributed by atoms with Gasteiger partial charge in [-0.3, -0.25) is 0 Å². The Morgan fingerprint density at radius 1 is 1.29 bits per heavy atom. The quantitative estimate of drug-likeness (QED) is 0.646. The molecule has 0 atom stereocenters. The van der Waals surface area contributed by atoms with Gasteiger partial charge in [0, 0.05) is 12.7 Å². The molecule has 92 valence electrons. The molecule has 0 unspecified atom stereocenters. The second-order valence-corrected chi connectivity index (χ2v) is 5.28. The van der Waals surface area contributed by atoms with Crippen LogP contribution in [0.2, 0.25) is 6.04 Å². The summed E-state index contributed by atoms with van der Waals surface area (Å²) in [5.74, 6) is -0.922. The van der Waals surface area contributed by atoms with Gasteiger partial charge in [-0.05, 0) is 24.1 Å². The van der Waals surface area contributed by atoms with Crippen molar-refractivity contribution in [1.29, 1.82) is 0 Å². The van der Waals surface area contributed by atoms with Crippen LogP contribution in [-0.2, 0) is 9.22 Å². The molecule has 3 nitrogen and oxygen atoms in total. The number of carbonyl (C=O) groups is 1. The zero-order valence-corrected chi connectivity index (χ0v) is 11.3. The minimum Gasteiger partial charge on any atom is -0.478 e. The molecule has 0 saturated carbocycles. The highest BCUT2D eigenvalue weighted by Crippen LogP contribution is 2.01. The largest absolute Gasteiger partial charge is 0.478 e. The Bertz CT molecular complexity index is 333. The Balaban J connectivity index is 0.000000202. The molecule has 0 bridgehead atoms. The molecule has 2 rings (SSSR count). The van der Waals surface area contributed by atoms with E-state index in [9.17, 15) is 4.79 Å². The molecule has 0 aliphatic carbocycles. The summed E-state index contributed by atoms with van der Waals surface area (Å²) >= 11 is 0. The van der Waals surface area contributed by atoms with Crippen LogP contribution >= 0.6 is 0 Å². The lowest BCUT2D eigenvalue weighted by Crippen LogP contribution is -2.06. The lowest BCUT2D eigenvalue weighted by atomic mass is 10.2. The van der Waals surface area contributed by atoms with Gasteiger partial charge in [-0.25, -0.2) is 4.79 Å². The van der Waals surface area contributed by atoms with Gasteiger partial charge in [0.25, 0.3) is 0 Å². The van der Waals surface area contributed by atoms with E-state index in [0.717, 1.165) is 18.2 Å². The van der Waals surface area contributed by atoms with Crippen LogP contribution in [-0.4, -0.2) is 27.4 Å². The van der Waals surface area contributed by atoms with Crippen molar-refractivity contribution in [2.75, 3.05) is 6.61 Å². The van der Waals surface area contributed by atoms with Gasteiger partial charge in [-0.2, -0.15) is 0 Å². The van der Waals surface area contributed by atoms with Gasteiger partial charge in [0.15, 0.2) is 9.76 Å². The van der Waals surface area contributed by atoms with Crippen LogP contribution in [0, 0.1) is 0 Å². The molecular formula is C13H18O3Si. The average Bonchev–Trinajstić information content (AvgIpc) is 2.40. The number of rotatable bonds is 2. The third-order valence-corrected chi connectivity index (χ3v) is 3.66. The van der Waals surface area contributed by atoms with Crippen molar-refractivity contribution in [3.05, 3.63) is 42.0 Å². The van der Waals surface area contributed by atoms with Crippen LogP contribution in [0.5, 0.6) is 0 Å². The minimum atomic E-state index is -0.922. The first-order valence-corrected chi connectivity index (χ1v) is 7.40. The number of carboxylic acids is 1. The van der Waals surface area contributed by atoms with Gasteiger partial charge < -0.3 is 9.53 Å².